The standard InChI is InChI=1S/C19H17N3/c20-13-17-15(16-9-4-5-11-18(16)21)10-6-12-19(17)22-14-7-2-1-3-8-14/h1-13,20,22H,21H2. The summed E-state index contributed by atoms with van der Waals surface area (Å²) in [5.74, 6) is 0. The molecule has 0 aromatic heterocycles. The lowest BCUT2D eigenvalue weighted by Crippen LogP contribution is -1.99. The lowest BCUT2D eigenvalue weighted by molar-refractivity contribution is 1.49. The number of para-hydroxylation sites is 2. The van der Waals surface area contributed by atoms with E-state index in [4.69, 9.17) is 11.1 Å². The van der Waals surface area contributed by atoms with Crippen LogP contribution in [0.15, 0.2) is 72.8 Å². The van der Waals surface area contributed by atoms with Gasteiger partial charge >= 0.3 is 0 Å². The number of nitrogen functional groups attached to an aromatic ring is 1. The molecule has 0 fully saturated rings. The molecule has 0 atom stereocenters. The van der Waals surface area contributed by atoms with Crippen molar-refractivity contribution in [2.75, 3.05) is 11.1 Å². The van der Waals surface area contributed by atoms with Crippen molar-refractivity contribution in [3.63, 3.8) is 0 Å². The molecule has 3 rings (SSSR count). The highest BCUT2D eigenvalue weighted by atomic mass is 14.9. The maximum Gasteiger partial charge on any atom is 0.0479 e. The summed E-state index contributed by atoms with van der Waals surface area (Å²) in [4.78, 5) is 0. The van der Waals surface area contributed by atoms with Crippen molar-refractivity contribution < 1.29 is 0 Å². The molecule has 3 aromatic rings. The van der Waals surface area contributed by atoms with Gasteiger partial charge in [0.15, 0.2) is 0 Å². The number of rotatable bonds is 4. The topological polar surface area (TPSA) is 61.9 Å². The second kappa shape index (κ2) is 6.14. The van der Waals surface area contributed by atoms with Crippen molar-refractivity contribution in [2.24, 2.45) is 0 Å². The van der Waals surface area contributed by atoms with Crippen LogP contribution in [0.5, 0.6) is 0 Å². The first-order valence-electron chi connectivity index (χ1n) is 7.10. The van der Waals surface area contributed by atoms with E-state index in [0.29, 0.717) is 5.69 Å². The highest BCUT2D eigenvalue weighted by Gasteiger charge is 2.10. The van der Waals surface area contributed by atoms with E-state index >= 15 is 0 Å². The molecule has 0 saturated heterocycles. The van der Waals surface area contributed by atoms with E-state index in [1.807, 2.05) is 72.8 Å². The van der Waals surface area contributed by atoms with Crippen LogP contribution >= 0.6 is 0 Å². The Kier molecular flexibility index (Phi) is 3.88. The predicted molar refractivity (Wildman–Crippen MR) is 93.9 cm³/mol. The lowest BCUT2D eigenvalue weighted by Gasteiger charge is -2.14. The van der Waals surface area contributed by atoms with E-state index in [-0.39, 0.29) is 0 Å². The summed E-state index contributed by atoms with van der Waals surface area (Å²) in [5.41, 5.74) is 11.4. The van der Waals surface area contributed by atoms with Crippen molar-refractivity contribution >= 4 is 23.3 Å². The van der Waals surface area contributed by atoms with Gasteiger partial charge in [0.1, 0.15) is 0 Å². The SMILES string of the molecule is N=Cc1c(Nc2ccccc2)cccc1-c1ccccc1N. The normalized spacial score (nSPS) is 10.2. The molecule has 3 heteroatoms. The number of hydrogen-bond donors (Lipinski definition) is 3. The zero-order valence-corrected chi connectivity index (χ0v) is 12.1. The van der Waals surface area contributed by atoms with E-state index in [1.165, 1.54) is 6.21 Å². The molecule has 0 heterocycles. The first kappa shape index (κ1) is 13.9. The molecule has 3 nitrogen and oxygen atoms in total. The van der Waals surface area contributed by atoms with E-state index in [2.05, 4.69) is 5.32 Å². The molecule has 4 N–H and O–H groups in total. The third kappa shape index (κ3) is 2.69. The highest BCUT2D eigenvalue weighted by Crippen LogP contribution is 2.32. The minimum atomic E-state index is 0.711. The maximum atomic E-state index is 7.81. The van der Waals surface area contributed by atoms with Gasteiger partial charge in [0.05, 0.1) is 0 Å². The van der Waals surface area contributed by atoms with Crippen molar-refractivity contribution in [2.45, 2.75) is 0 Å². The van der Waals surface area contributed by atoms with Gasteiger partial charge in [-0.15, -0.1) is 0 Å². The highest BCUT2D eigenvalue weighted by molar-refractivity contribution is 5.98. The predicted octanol–water partition coefficient (Wildman–Crippen LogP) is 4.68. The summed E-state index contributed by atoms with van der Waals surface area (Å²) in [6.07, 6.45) is 1.37. The Morgan fingerprint density at radius 2 is 1.45 bits per heavy atom. The van der Waals surface area contributed by atoms with E-state index in [0.717, 1.165) is 28.1 Å². The lowest BCUT2D eigenvalue weighted by atomic mass is 9.97. The van der Waals surface area contributed by atoms with Crippen LogP contribution in [-0.2, 0) is 0 Å². The fourth-order valence-electron chi connectivity index (χ4n) is 2.48. The Bertz CT molecular complexity index is 795. The zero-order chi connectivity index (χ0) is 15.4. The molecule has 0 unspecified atom stereocenters. The largest absolute Gasteiger partial charge is 0.398 e. The van der Waals surface area contributed by atoms with Gasteiger partial charge in [-0.3, -0.25) is 0 Å². The smallest absolute Gasteiger partial charge is 0.0479 e. The van der Waals surface area contributed by atoms with Crippen molar-refractivity contribution in [3.8, 4) is 11.1 Å². The fourth-order valence-corrected chi connectivity index (χ4v) is 2.48. The molecule has 3 aromatic carbocycles. The van der Waals surface area contributed by atoms with Crippen LogP contribution in [0.3, 0.4) is 0 Å². The van der Waals surface area contributed by atoms with Gasteiger partial charge in [0, 0.05) is 34.4 Å². The maximum absolute atomic E-state index is 7.81. The Morgan fingerprint density at radius 1 is 0.773 bits per heavy atom. The molecule has 0 aliphatic rings. The Hall–Kier alpha value is -3.07. The first-order chi connectivity index (χ1) is 10.8. The average Bonchev–Trinajstić information content (AvgIpc) is 2.56. The Labute approximate surface area is 129 Å². The van der Waals surface area contributed by atoms with Gasteiger partial charge in [-0.1, -0.05) is 48.5 Å². The van der Waals surface area contributed by atoms with E-state index < -0.39 is 0 Å². The number of anilines is 3. The molecule has 0 saturated carbocycles. The summed E-state index contributed by atoms with van der Waals surface area (Å²) < 4.78 is 0. The van der Waals surface area contributed by atoms with Crippen molar-refractivity contribution in [3.05, 3.63) is 78.4 Å². The van der Waals surface area contributed by atoms with E-state index in [1.54, 1.807) is 0 Å². The fraction of sp³-hybridized carbons (Fsp3) is 0. The second-order valence-electron chi connectivity index (χ2n) is 4.99. The molecular formula is C19H17N3. The van der Waals surface area contributed by atoms with Crippen LogP contribution in [0, 0.1) is 5.41 Å². The van der Waals surface area contributed by atoms with Crippen LogP contribution < -0.4 is 11.1 Å². The molecule has 0 amide bonds. The minimum absolute atomic E-state index is 0.711. The van der Waals surface area contributed by atoms with Gasteiger partial charge in [0.25, 0.3) is 0 Å². The van der Waals surface area contributed by atoms with E-state index in [9.17, 15) is 0 Å². The quantitative estimate of drug-likeness (QED) is 0.482. The Morgan fingerprint density at radius 3 is 2.18 bits per heavy atom. The van der Waals surface area contributed by atoms with Crippen molar-refractivity contribution in [1.82, 2.24) is 0 Å². The molecule has 0 aliphatic carbocycles. The summed E-state index contributed by atoms with van der Waals surface area (Å²) in [6, 6.07) is 23.6. The van der Waals surface area contributed by atoms with Gasteiger partial charge in [-0.05, 0) is 29.8 Å². The van der Waals surface area contributed by atoms with Crippen LogP contribution in [0.1, 0.15) is 5.56 Å². The third-order valence-corrected chi connectivity index (χ3v) is 3.55. The van der Waals surface area contributed by atoms with Gasteiger partial charge in [-0.2, -0.15) is 0 Å². The summed E-state index contributed by atoms with van der Waals surface area (Å²) in [7, 11) is 0. The monoisotopic (exact) mass is 287 g/mol. The summed E-state index contributed by atoms with van der Waals surface area (Å²) >= 11 is 0. The minimum Gasteiger partial charge on any atom is -0.398 e. The van der Waals surface area contributed by atoms with Crippen LogP contribution in [0.25, 0.3) is 11.1 Å². The third-order valence-electron chi connectivity index (χ3n) is 3.55. The van der Waals surface area contributed by atoms with Gasteiger partial charge in [0.2, 0.25) is 0 Å². The molecule has 0 aliphatic heterocycles. The molecule has 108 valence electrons. The number of nitrogens with two attached hydrogens (primary N) is 1. The van der Waals surface area contributed by atoms with Gasteiger partial charge in [-0.25, -0.2) is 0 Å². The number of nitrogens with one attached hydrogen (secondary N) is 2. The van der Waals surface area contributed by atoms with Crippen LogP contribution in [0.4, 0.5) is 17.1 Å². The van der Waals surface area contributed by atoms with Gasteiger partial charge < -0.3 is 16.5 Å². The second-order valence-corrected chi connectivity index (χ2v) is 4.99. The Balaban J connectivity index is 2.08. The van der Waals surface area contributed by atoms with Crippen LogP contribution in [-0.4, -0.2) is 6.21 Å². The molecule has 22 heavy (non-hydrogen) atoms. The molecular weight excluding hydrogens is 270 g/mol. The van der Waals surface area contributed by atoms with Crippen LogP contribution in [0.2, 0.25) is 0 Å². The van der Waals surface area contributed by atoms with Crippen molar-refractivity contribution in [1.29, 1.82) is 5.41 Å². The molecule has 0 radical (unpaired) electrons. The zero-order valence-electron chi connectivity index (χ0n) is 12.1. The average molecular weight is 287 g/mol. The summed E-state index contributed by atoms with van der Waals surface area (Å²) in [6.45, 7) is 0. The first-order valence-corrected chi connectivity index (χ1v) is 7.10. The molecule has 0 spiro atoms. The molecule has 0 bridgehead atoms. The number of hydrogen-bond acceptors (Lipinski definition) is 3. The number of benzene rings is 3. The summed E-state index contributed by atoms with van der Waals surface area (Å²) in [5, 5.41) is 11.2.